The van der Waals surface area contributed by atoms with Crippen LogP contribution in [-0.2, 0) is 11.2 Å². The van der Waals surface area contributed by atoms with Gasteiger partial charge in [0.15, 0.2) is 0 Å². The Morgan fingerprint density at radius 1 is 0.964 bits per heavy atom. The summed E-state index contributed by atoms with van der Waals surface area (Å²) in [4.78, 5) is 24.4. The number of aryl methyl sites for hydroxylation is 1. The van der Waals surface area contributed by atoms with Crippen molar-refractivity contribution in [2.45, 2.75) is 31.7 Å². The standard InChI is InChI=1S/C23H22N2O3/c26-22(14-12-20-11-13-21(28-20)16-5-2-1-3-6-16)24-19-8-4-7-17(15-19)23(27)25-18-9-10-18/h1-8,11,13,15,18H,9-10,12,14H2,(H,24,26)(H,25,27). The Hall–Kier alpha value is -3.34. The zero-order chi connectivity index (χ0) is 19.3. The molecule has 2 amide bonds. The third-order valence-corrected chi connectivity index (χ3v) is 4.64. The van der Waals surface area contributed by atoms with Crippen LogP contribution in [0, 0.1) is 0 Å². The molecule has 0 atom stereocenters. The molecule has 0 saturated heterocycles. The van der Waals surface area contributed by atoms with Gasteiger partial charge in [0.1, 0.15) is 11.5 Å². The summed E-state index contributed by atoms with van der Waals surface area (Å²) in [7, 11) is 0. The molecule has 3 aromatic rings. The second-order valence-corrected chi connectivity index (χ2v) is 7.01. The van der Waals surface area contributed by atoms with E-state index < -0.39 is 0 Å². The maximum atomic E-state index is 12.3. The van der Waals surface area contributed by atoms with E-state index in [1.54, 1.807) is 24.3 Å². The second kappa shape index (κ2) is 8.13. The zero-order valence-electron chi connectivity index (χ0n) is 15.5. The quantitative estimate of drug-likeness (QED) is 0.643. The predicted octanol–water partition coefficient (Wildman–Crippen LogP) is 4.41. The minimum Gasteiger partial charge on any atom is -0.461 e. The lowest BCUT2D eigenvalue weighted by Gasteiger charge is -2.07. The van der Waals surface area contributed by atoms with Gasteiger partial charge in [0.05, 0.1) is 0 Å². The Bertz CT molecular complexity index is 974. The lowest BCUT2D eigenvalue weighted by molar-refractivity contribution is -0.116. The lowest BCUT2D eigenvalue weighted by Crippen LogP contribution is -2.25. The topological polar surface area (TPSA) is 71.3 Å². The van der Waals surface area contributed by atoms with Gasteiger partial charge in [0, 0.05) is 35.7 Å². The van der Waals surface area contributed by atoms with Crippen molar-refractivity contribution in [1.82, 2.24) is 5.32 Å². The maximum Gasteiger partial charge on any atom is 0.251 e. The van der Waals surface area contributed by atoms with Crippen molar-refractivity contribution in [2.75, 3.05) is 5.32 Å². The van der Waals surface area contributed by atoms with E-state index >= 15 is 0 Å². The molecule has 5 heteroatoms. The van der Waals surface area contributed by atoms with Crippen molar-refractivity contribution in [3.63, 3.8) is 0 Å². The average molecular weight is 374 g/mol. The number of rotatable bonds is 7. The normalized spacial score (nSPS) is 13.1. The van der Waals surface area contributed by atoms with Crippen LogP contribution in [0.5, 0.6) is 0 Å². The van der Waals surface area contributed by atoms with E-state index in [-0.39, 0.29) is 11.8 Å². The highest BCUT2D eigenvalue weighted by Gasteiger charge is 2.23. The Morgan fingerprint density at radius 2 is 1.79 bits per heavy atom. The number of hydrogen-bond donors (Lipinski definition) is 2. The molecule has 1 aliphatic rings. The number of anilines is 1. The molecule has 5 nitrogen and oxygen atoms in total. The van der Waals surface area contributed by atoms with Crippen LogP contribution < -0.4 is 10.6 Å². The molecule has 4 rings (SSSR count). The molecule has 0 aliphatic heterocycles. The molecule has 0 bridgehead atoms. The van der Waals surface area contributed by atoms with Gasteiger partial charge in [-0.15, -0.1) is 0 Å². The van der Waals surface area contributed by atoms with Crippen LogP contribution in [0.3, 0.4) is 0 Å². The monoisotopic (exact) mass is 374 g/mol. The summed E-state index contributed by atoms with van der Waals surface area (Å²) in [6.45, 7) is 0. The summed E-state index contributed by atoms with van der Waals surface area (Å²) >= 11 is 0. The second-order valence-electron chi connectivity index (χ2n) is 7.01. The Kier molecular flexibility index (Phi) is 5.24. The summed E-state index contributed by atoms with van der Waals surface area (Å²) in [6, 6.07) is 21.0. The Morgan fingerprint density at radius 3 is 2.57 bits per heavy atom. The molecule has 1 heterocycles. The van der Waals surface area contributed by atoms with Crippen molar-refractivity contribution in [3.8, 4) is 11.3 Å². The van der Waals surface area contributed by atoms with Crippen molar-refractivity contribution in [3.05, 3.63) is 78.1 Å². The third-order valence-electron chi connectivity index (χ3n) is 4.64. The van der Waals surface area contributed by atoms with Gasteiger partial charge >= 0.3 is 0 Å². The van der Waals surface area contributed by atoms with Gasteiger partial charge in [0.25, 0.3) is 5.91 Å². The smallest absolute Gasteiger partial charge is 0.251 e. The van der Waals surface area contributed by atoms with Crippen molar-refractivity contribution in [1.29, 1.82) is 0 Å². The highest BCUT2D eigenvalue weighted by molar-refractivity contribution is 5.97. The summed E-state index contributed by atoms with van der Waals surface area (Å²) < 4.78 is 5.83. The van der Waals surface area contributed by atoms with Gasteiger partial charge in [0.2, 0.25) is 5.91 Å². The van der Waals surface area contributed by atoms with E-state index in [9.17, 15) is 9.59 Å². The fourth-order valence-electron chi connectivity index (χ4n) is 2.96. The first kappa shape index (κ1) is 18.0. The van der Waals surface area contributed by atoms with Gasteiger partial charge in [-0.25, -0.2) is 0 Å². The number of carbonyl (C=O) groups excluding carboxylic acids is 2. The molecule has 2 aromatic carbocycles. The van der Waals surface area contributed by atoms with Gasteiger partial charge in [-0.1, -0.05) is 36.4 Å². The molecule has 1 aliphatic carbocycles. The number of furan rings is 1. The van der Waals surface area contributed by atoms with Gasteiger partial charge in [-0.05, 0) is 43.2 Å². The fourth-order valence-corrected chi connectivity index (χ4v) is 2.96. The predicted molar refractivity (Wildman–Crippen MR) is 108 cm³/mol. The van der Waals surface area contributed by atoms with Crippen LogP contribution in [-0.4, -0.2) is 17.9 Å². The number of hydrogen-bond acceptors (Lipinski definition) is 3. The molecule has 2 N–H and O–H groups in total. The SMILES string of the molecule is O=C(CCc1ccc(-c2ccccc2)o1)Nc1cccc(C(=O)NC2CC2)c1. The van der Waals surface area contributed by atoms with E-state index in [4.69, 9.17) is 4.42 Å². The third kappa shape index (κ3) is 4.68. The first-order valence-electron chi connectivity index (χ1n) is 9.52. The van der Waals surface area contributed by atoms with Crippen LogP contribution in [0.1, 0.15) is 35.4 Å². The number of benzene rings is 2. The van der Waals surface area contributed by atoms with Gasteiger partial charge < -0.3 is 15.1 Å². The maximum absolute atomic E-state index is 12.3. The van der Waals surface area contributed by atoms with E-state index in [1.807, 2.05) is 42.5 Å². The molecule has 1 aromatic heterocycles. The van der Waals surface area contributed by atoms with Gasteiger partial charge in [-0.3, -0.25) is 9.59 Å². The number of carbonyl (C=O) groups is 2. The number of amides is 2. The zero-order valence-corrected chi connectivity index (χ0v) is 15.5. The van der Waals surface area contributed by atoms with E-state index in [0.717, 1.165) is 29.9 Å². The average Bonchev–Trinajstić information content (AvgIpc) is 3.40. The van der Waals surface area contributed by atoms with Crippen LogP contribution in [0.25, 0.3) is 11.3 Å². The first-order chi connectivity index (χ1) is 13.7. The molecule has 28 heavy (non-hydrogen) atoms. The molecule has 142 valence electrons. The summed E-state index contributed by atoms with van der Waals surface area (Å²) in [5.41, 5.74) is 2.19. The van der Waals surface area contributed by atoms with E-state index in [1.165, 1.54) is 0 Å². The van der Waals surface area contributed by atoms with Crippen LogP contribution in [0.15, 0.2) is 71.1 Å². The first-order valence-corrected chi connectivity index (χ1v) is 9.52. The summed E-state index contributed by atoms with van der Waals surface area (Å²) in [5.74, 6) is 1.36. The Labute approximate surface area is 163 Å². The highest BCUT2D eigenvalue weighted by Crippen LogP contribution is 2.23. The fraction of sp³-hybridized carbons (Fsp3) is 0.217. The Balaban J connectivity index is 1.31. The lowest BCUT2D eigenvalue weighted by atomic mass is 10.1. The summed E-state index contributed by atoms with van der Waals surface area (Å²) in [5, 5.41) is 5.80. The highest BCUT2D eigenvalue weighted by atomic mass is 16.3. The largest absolute Gasteiger partial charge is 0.461 e. The molecule has 0 radical (unpaired) electrons. The van der Waals surface area contributed by atoms with Crippen molar-refractivity contribution in [2.24, 2.45) is 0 Å². The van der Waals surface area contributed by atoms with Crippen LogP contribution in [0.4, 0.5) is 5.69 Å². The molecule has 0 unspecified atom stereocenters. The van der Waals surface area contributed by atoms with Crippen molar-refractivity contribution >= 4 is 17.5 Å². The van der Waals surface area contributed by atoms with Crippen LogP contribution >= 0.6 is 0 Å². The van der Waals surface area contributed by atoms with Gasteiger partial charge in [-0.2, -0.15) is 0 Å². The molecular weight excluding hydrogens is 352 g/mol. The molecule has 0 spiro atoms. The molecule has 1 fully saturated rings. The minimum absolute atomic E-state index is 0.0948. The van der Waals surface area contributed by atoms with Crippen molar-refractivity contribution < 1.29 is 14.0 Å². The minimum atomic E-state index is -0.114. The van der Waals surface area contributed by atoms with E-state index in [0.29, 0.717) is 30.1 Å². The number of nitrogens with one attached hydrogen (secondary N) is 2. The van der Waals surface area contributed by atoms with Crippen LogP contribution in [0.2, 0.25) is 0 Å². The summed E-state index contributed by atoms with van der Waals surface area (Å²) in [6.07, 6.45) is 2.91. The molecule has 1 saturated carbocycles. The molecular formula is C23H22N2O3. The van der Waals surface area contributed by atoms with E-state index in [2.05, 4.69) is 10.6 Å².